The van der Waals surface area contributed by atoms with Gasteiger partial charge in [-0.2, -0.15) is 13.2 Å². The van der Waals surface area contributed by atoms with Crippen molar-refractivity contribution in [3.63, 3.8) is 0 Å². The Hall–Kier alpha value is -5.92. The zero-order valence-electron chi connectivity index (χ0n) is 56.8. The molecule has 85 heavy (non-hydrogen) atoms. The van der Waals surface area contributed by atoms with Crippen LogP contribution in [0.5, 0.6) is 0 Å². The first-order valence-corrected chi connectivity index (χ1v) is 27.4. The fraction of sp³-hybridized carbons (Fsp3) is 0.814. The quantitative estimate of drug-likeness (QED) is 0.0527. The minimum Gasteiger partial charge on any atom is -0.483 e. The monoisotopic (exact) mass is 1240 g/mol. The summed E-state index contributed by atoms with van der Waals surface area (Å²) in [6.45, 7) is 33.3. The molecular formula is C59H112F3NO22. The van der Waals surface area contributed by atoms with Gasteiger partial charge >= 0.3 is 53.9 Å². The Morgan fingerprint density at radius 3 is 0.941 bits per heavy atom. The fourth-order valence-corrected chi connectivity index (χ4v) is 4.99. The predicted molar refractivity (Wildman–Crippen MR) is 314 cm³/mol. The molecule has 0 aromatic carbocycles. The minimum atomic E-state index is -4.55. The summed E-state index contributed by atoms with van der Waals surface area (Å²) in [5.74, 6) is -3.46. The molecule has 0 radical (unpaired) electrons. The second-order valence-electron chi connectivity index (χ2n) is 21.4. The van der Waals surface area contributed by atoms with Crippen LogP contribution in [0.15, 0.2) is 0 Å². The van der Waals surface area contributed by atoms with Crippen LogP contribution in [0, 0.1) is 56.7 Å². The molecule has 0 aromatic heterocycles. The van der Waals surface area contributed by atoms with Crippen molar-refractivity contribution in [1.82, 2.24) is 4.90 Å². The van der Waals surface area contributed by atoms with E-state index >= 15 is 0 Å². The number of alkyl halides is 3. The van der Waals surface area contributed by atoms with Gasteiger partial charge in [-0.05, 0) is 92.9 Å². The molecule has 23 nitrogen and oxygen atoms in total. The Morgan fingerprint density at radius 1 is 0.541 bits per heavy atom. The summed E-state index contributed by atoms with van der Waals surface area (Å²) in [6, 6.07) is 0. The van der Waals surface area contributed by atoms with Crippen molar-refractivity contribution in [2.75, 3.05) is 77.6 Å². The number of methoxy groups -OCH3 is 8. The molecule has 7 unspecified atom stereocenters. The first-order chi connectivity index (χ1) is 38.6. The van der Waals surface area contributed by atoms with E-state index in [1.165, 1.54) is 61.5 Å². The van der Waals surface area contributed by atoms with Crippen molar-refractivity contribution in [1.29, 1.82) is 0 Å². The molecule has 0 saturated carbocycles. The van der Waals surface area contributed by atoms with Gasteiger partial charge in [-0.15, -0.1) is 0 Å². The lowest BCUT2D eigenvalue weighted by molar-refractivity contribution is -0.229. The summed E-state index contributed by atoms with van der Waals surface area (Å²) < 4.78 is 72.2. The van der Waals surface area contributed by atoms with Crippen LogP contribution < -0.4 is 0 Å². The van der Waals surface area contributed by atoms with Gasteiger partial charge in [0.2, 0.25) is 11.8 Å². The number of carbonyl (C=O) groups excluding carboxylic acids is 9. The number of imide groups is 1. The van der Waals surface area contributed by atoms with Crippen LogP contribution in [-0.4, -0.2) is 170 Å². The lowest BCUT2D eigenvalue weighted by Gasteiger charge is -2.27. The van der Waals surface area contributed by atoms with Gasteiger partial charge in [-0.3, -0.25) is 57.6 Å². The number of aliphatic hydroxyl groups excluding tert-OH is 1. The number of amides is 2. The van der Waals surface area contributed by atoms with Gasteiger partial charge in [0.15, 0.2) is 5.41 Å². The standard InChI is InChI=1S/C8H14O4.C7H11F3O2.C7H11NO2.C7H14O3.3C7H14O2.C6H12O2.C2H6O.CH2O2/c1-4-8(2,5-6(9)10)7(11)12-3;1-4-6(2,5(11)12-3)7(8,9)10;1-4-5(2)7(10)8(3)6(4)9;1-4-7(2,5-8)6(9)10-3;2*1-5-7(2,3)6(8)9-4;1-5(2)6(3)7(8)9-4;1-4-5(2)6(7)8-3;1-3-2;2-1-3/h4-5H2,1-3H3,(H,9,10);4H2,1-3H3;4-5H,1-3H3;8H,4-5H2,1-3H3;2*5H2,1-4H3;5-6H,1-4H3;5H,4H2,1-3H3;1-2H3;1H,(H,2,3). The van der Waals surface area contributed by atoms with E-state index in [4.69, 9.17) is 20.1 Å². The van der Waals surface area contributed by atoms with Crippen molar-refractivity contribution in [3.8, 4) is 0 Å². The van der Waals surface area contributed by atoms with Gasteiger partial charge in [0.05, 0.1) is 96.3 Å². The third kappa shape index (κ3) is 41.7. The Kier molecular flexibility index (Phi) is 59.3. The van der Waals surface area contributed by atoms with E-state index in [1.807, 2.05) is 83.1 Å². The number of hydrogen-bond donors (Lipinski definition) is 3. The highest BCUT2D eigenvalue weighted by Crippen LogP contribution is 2.41. The van der Waals surface area contributed by atoms with E-state index in [2.05, 4.69) is 37.9 Å². The summed E-state index contributed by atoms with van der Waals surface area (Å²) >= 11 is 0. The normalized spacial score (nSPS) is 15.7. The van der Waals surface area contributed by atoms with Crippen LogP contribution >= 0.6 is 0 Å². The zero-order valence-corrected chi connectivity index (χ0v) is 56.8. The average Bonchev–Trinajstić information content (AvgIpc) is 3.64. The van der Waals surface area contributed by atoms with Crippen LogP contribution in [0.4, 0.5) is 13.2 Å². The molecule has 1 heterocycles. The number of esters is 7. The van der Waals surface area contributed by atoms with Gasteiger partial charge < -0.3 is 53.2 Å². The molecule has 1 saturated heterocycles. The second kappa shape index (κ2) is 51.3. The number of carboxylic acid groups (broad SMARTS) is 2. The summed E-state index contributed by atoms with van der Waals surface area (Å²) in [5, 5.41) is 24.2. The Morgan fingerprint density at radius 2 is 0.835 bits per heavy atom. The number of hydrogen-bond acceptors (Lipinski definition) is 20. The van der Waals surface area contributed by atoms with Gasteiger partial charge in [-0.25, -0.2) is 0 Å². The largest absolute Gasteiger partial charge is 0.483 e. The average molecular weight is 1240 g/mol. The highest BCUT2D eigenvalue weighted by Gasteiger charge is 2.56. The lowest BCUT2D eigenvalue weighted by Crippen LogP contribution is -2.42. The smallest absolute Gasteiger partial charge is 0.404 e. The summed E-state index contributed by atoms with van der Waals surface area (Å²) in [5.41, 5.74) is -4.60. The van der Waals surface area contributed by atoms with E-state index in [-0.39, 0.29) is 102 Å². The molecule has 0 bridgehead atoms. The maximum absolute atomic E-state index is 12.2. The molecule has 0 aliphatic carbocycles. The van der Waals surface area contributed by atoms with E-state index in [0.717, 1.165) is 33.3 Å². The third-order valence-corrected chi connectivity index (χ3v) is 14.0. The molecule has 0 aromatic rings. The van der Waals surface area contributed by atoms with Crippen LogP contribution in [0.3, 0.4) is 0 Å². The van der Waals surface area contributed by atoms with E-state index in [1.54, 1.807) is 48.8 Å². The SMILES string of the molecule is CC1C(=O)N(C)C(=O)C1C.CCC(C)(C(=O)OC)C(F)(F)F.CCC(C)(C)C(=O)OC.CCC(C)(C)C(=O)OC.CCC(C)(CC(=O)O)C(=O)OC.CCC(C)(CO)C(=O)OC.CCC(C)C(=O)OC.COC.COC(=O)C(C)C(C)C.O=CO. The number of halogens is 3. The molecule has 1 aliphatic rings. The molecule has 2 amide bonds. The molecular weight excluding hydrogens is 1130 g/mol. The lowest BCUT2D eigenvalue weighted by atomic mass is 9.84. The Labute approximate surface area is 505 Å². The molecule has 26 heteroatoms. The molecule has 7 atom stereocenters. The van der Waals surface area contributed by atoms with Crippen molar-refractivity contribution < 1.29 is 119 Å². The first-order valence-electron chi connectivity index (χ1n) is 27.4. The van der Waals surface area contributed by atoms with Crippen LogP contribution in [-0.2, 0) is 90.6 Å². The molecule has 506 valence electrons. The number of aliphatic hydroxyl groups is 1. The number of aliphatic carboxylic acids is 1. The molecule has 1 aliphatic heterocycles. The molecule has 0 spiro atoms. The van der Waals surface area contributed by atoms with Gasteiger partial charge in [0, 0.05) is 33.1 Å². The number of carboxylic acids is 1. The van der Waals surface area contributed by atoms with E-state index in [0.29, 0.717) is 18.8 Å². The van der Waals surface area contributed by atoms with E-state index < -0.39 is 40.3 Å². The maximum atomic E-state index is 12.2. The van der Waals surface area contributed by atoms with Crippen molar-refractivity contribution in [2.24, 2.45) is 56.7 Å². The minimum absolute atomic E-state index is 0.0231. The maximum Gasteiger partial charge on any atom is 0.404 e. The third-order valence-electron chi connectivity index (χ3n) is 14.0. The number of likely N-dealkylation sites (tertiary alicyclic amines) is 1. The van der Waals surface area contributed by atoms with Gasteiger partial charge in [0.1, 0.15) is 0 Å². The molecule has 1 rings (SSSR count). The molecule has 1 fully saturated rings. The first kappa shape index (κ1) is 98.2. The number of ether oxygens (including phenoxy) is 8. The van der Waals surface area contributed by atoms with Crippen LogP contribution in [0.2, 0.25) is 0 Å². The predicted octanol–water partition coefficient (Wildman–Crippen LogP) is 9.83. The zero-order chi connectivity index (χ0) is 70.3. The van der Waals surface area contributed by atoms with Crippen molar-refractivity contribution in [2.45, 2.75) is 183 Å². The summed E-state index contributed by atoms with van der Waals surface area (Å²) in [6.07, 6.45) is -1.50. The number of carbonyl (C=O) groups is 11. The highest BCUT2D eigenvalue weighted by molar-refractivity contribution is 6.04. The number of nitrogens with zero attached hydrogens (tertiary/aromatic N) is 1. The topological polar surface area (TPSA) is 326 Å². The summed E-state index contributed by atoms with van der Waals surface area (Å²) in [4.78, 5) is 118. The fourth-order valence-electron chi connectivity index (χ4n) is 4.99. The highest BCUT2D eigenvalue weighted by atomic mass is 19.4. The molecule has 3 N–H and O–H groups in total. The van der Waals surface area contributed by atoms with Gasteiger partial charge in [0.25, 0.3) is 6.47 Å². The van der Waals surface area contributed by atoms with Crippen LogP contribution in [0.1, 0.15) is 176 Å². The van der Waals surface area contributed by atoms with Crippen molar-refractivity contribution in [3.05, 3.63) is 0 Å². The second-order valence-corrected chi connectivity index (χ2v) is 21.4. The van der Waals surface area contributed by atoms with Gasteiger partial charge in [-0.1, -0.05) is 83.1 Å². The van der Waals surface area contributed by atoms with Crippen molar-refractivity contribution >= 4 is 66.0 Å². The summed E-state index contributed by atoms with van der Waals surface area (Å²) in [7, 11) is 14.0. The van der Waals surface area contributed by atoms with E-state index in [9.17, 15) is 61.1 Å². The Bertz CT molecular complexity index is 1860. The number of rotatable bonds is 17. The Balaban J connectivity index is -0.000000110. The van der Waals surface area contributed by atoms with Crippen LogP contribution in [0.25, 0.3) is 0 Å².